The molecule has 0 aliphatic carbocycles. The number of rotatable bonds is 4. The van der Waals surface area contributed by atoms with Crippen molar-refractivity contribution in [1.82, 2.24) is 19.9 Å². The quantitative estimate of drug-likeness (QED) is 0.420. The van der Waals surface area contributed by atoms with Crippen molar-refractivity contribution in [3.63, 3.8) is 0 Å². The third-order valence-corrected chi connectivity index (χ3v) is 3.93. The predicted octanol–water partition coefficient (Wildman–Crippen LogP) is 1.14. The van der Waals surface area contributed by atoms with Crippen LogP contribution < -0.4 is 15.4 Å². The standard InChI is InChI=1S/C16H21N7O.HI/c1-24-14-3-6-18-11-13(14)12-21-15(17)22-7-9-23(10-8-22)16-19-4-2-5-20-16;/h2-6,11H,7-10,12H2,1H3,(H2,17,21);1H. The van der Waals surface area contributed by atoms with E-state index in [1.165, 1.54) is 0 Å². The van der Waals surface area contributed by atoms with Crippen LogP contribution in [0.4, 0.5) is 5.95 Å². The Hall–Kier alpha value is -2.17. The molecule has 0 atom stereocenters. The number of nitrogens with zero attached hydrogens (tertiary/aromatic N) is 6. The molecule has 2 N–H and O–H groups in total. The van der Waals surface area contributed by atoms with Crippen LogP contribution in [0.2, 0.25) is 0 Å². The Bertz CT molecular complexity index is 690. The summed E-state index contributed by atoms with van der Waals surface area (Å²) in [6.45, 7) is 3.66. The number of halogens is 1. The van der Waals surface area contributed by atoms with E-state index < -0.39 is 0 Å². The minimum atomic E-state index is 0. The van der Waals surface area contributed by atoms with E-state index in [9.17, 15) is 0 Å². The van der Waals surface area contributed by atoms with Crippen LogP contribution in [0.5, 0.6) is 5.75 Å². The van der Waals surface area contributed by atoms with Crippen molar-refractivity contribution in [2.75, 3.05) is 38.2 Å². The lowest BCUT2D eigenvalue weighted by atomic mass is 10.2. The third kappa shape index (κ3) is 4.91. The molecular weight excluding hydrogens is 433 g/mol. The van der Waals surface area contributed by atoms with E-state index in [1.807, 2.05) is 12.1 Å². The molecule has 1 fully saturated rings. The average Bonchev–Trinajstić information content (AvgIpc) is 2.67. The van der Waals surface area contributed by atoms with Crippen molar-refractivity contribution >= 4 is 35.9 Å². The van der Waals surface area contributed by atoms with Crippen molar-refractivity contribution in [2.45, 2.75) is 6.54 Å². The summed E-state index contributed by atoms with van der Waals surface area (Å²) in [4.78, 5) is 21.4. The summed E-state index contributed by atoms with van der Waals surface area (Å²) in [5.74, 6) is 2.06. The van der Waals surface area contributed by atoms with Gasteiger partial charge in [0.25, 0.3) is 0 Å². The molecule has 0 spiro atoms. The van der Waals surface area contributed by atoms with E-state index in [-0.39, 0.29) is 24.0 Å². The number of anilines is 1. The molecule has 0 aromatic carbocycles. The number of aliphatic imine (C=N–C) groups is 1. The minimum absolute atomic E-state index is 0. The second-order valence-electron chi connectivity index (χ2n) is 5.38. The summed E-state index contributed by atoms with van der Waals surface area (Å²) in [5, 5.41) is 0. The van der Waals surface area contributed by atoms with Gasteiger partial charge in [0.1, 0.15) is 5.75 Å². The predicted molar refractivity (Wildman–Crippen MR) is 107 cm³/mol. The summed E-state index contributed by atoms with van der Waals surface area (Å²) in [6, 6.07) is 3.64. The van der Waals surface area contributed by atoms with Gasteiger partial charge in [-0.1, -0.05) is 0 Å². The topological polar surface area (TPSA) is 92.8 Å². The summed E-state index contributed by atoms with van der Waals surface area (Å²) in [5.41, 5.74) is 7.05. The van der Waals surface area contributed by atoms with Gasteiger partial charge in [-0.15, -0.1) is 24.0 Å². The zero-order valence-corrected chi connectivity index (χ0v) is 16.4. The van der Waals surface area contributed by atoms with Crippen LogP contribution in [0, 0.1) is 0 Å². The molecule has 3 heterocycles. The molecule has 0 radical (unpaired) electrons. The van der Waals surface area contributed by atoms with Gasteiger partial charge in [0.2, 0.25) is 5.95 Å². The molecule has 0 saturated carbocycles. The Morgan fingerprint density at radius 2 is 1.92 bits per heavy atom. The van der Waals surface area contributed by atoms with Crippen LogP contribution in [-0.2, 0) is 6.54 Å². The summed E-state index contributed by atoms with van der Waals surface area (Å²) in [6.07, 6.45) is 6.96. The van der Waals surface area contributed by atoms with Gasteiger partial charge >= 0.3 is 0 Å². The van der Waals surface area contributed by atoms with Gasteiger partial charge in [-0.2, -0.15) is 0 Å². The Morgan fingerprint density at radius 3 is 2.60 bits per heavy atom. The fourth-order valence-corrected chi connectivity index (χ4v) is 2.59. The molecule has 8 nitrogen and oxygen atoms in total. The fourth-order valence-electron chi connectivity index (χ4n) is 2.59. The first-order valence-electron chi connectivity index (χ1n) is 7.81. The number of hydrogen-bond acceptors (Lipinski definition) is 6. The Morgan fingerprint density at radius 1 is 1.20 bits per heavy atom. The van der Waals surface area contributed by atoms with Gasteiger partial charge in [-0.05, 0) is 12.1 Å². The second kappa shape index (κ2) is 9.35. The van der Waals surface area contributed by atoms with Crippen LogP contribution in [-0.4, -0.2) is 59.1 Å². The SMILES string of the molecule is COc1ccncc1CN=C(N)N1CCN(c2ncccn2)CC1.I. The number of hydrogen-bond donors (Lipinski definition) is 1. The molecule has 1 aliphatic rings. The van der Waals surface area contributed by atoms with Crippen LogP contribution in [0.25, 0.3) is 0 Å². The minimum Gasteiger partial charge on any atom is -0.496 e. The van der Waals surface area contributed by atoms with Crippen LogP contribution in [0.15, 0.2) is 41.9 Å². The number of guanidine groups is 1. The molecule has 134 valence electrons. The maximum atomic E-state index is 6.14. The van der Waals surface area contributed by atoms with Gasteiger partial charge in [-0.25, -0.2) is 15.0 Å². The smallest absolute Gasteiger partial charge is 0.225 e. The van der Waals surface area contributed by atoms with E-state index in [0.717, 1.165) is 43.4 Å². The normalized spacial score (nSPS) is 14.8. The van der Waals surface area contributed by atoms with Crippen LogP contribution in [0.1, 0.15) is 5.56 Å². The molecule has 0 amide bonds. The summed E-state index contributed by atoms with van der Waals surface area (Å²) >= 11 is 0. The van der Waals surface area contributed by atoms with E-state index >= 15 is 0 Å². The molecule has 2 aromatic rings. The maximum absolute atomic E-state index is 6.14. The molecule has 9 heteroatoms. The molecule has 1 saturated heterocycles. The number of aromatic nitrogens is 3. The summed E-state index contributed by atoms with van der Waals surface area (Å²) < 4.78 is 5.30. The van der Waals surface area contributed by atoms with Gasteiger partial charge < -0.3 is 20.3 Å². The van der Waals surface area contributed by atoms with Crippen molar-refractivity contribution in [3.05, 3.63) is 42.5 Å². The molecule has 0 bridgehead atoms. The Kier molecular flexibility index (Phi) is 7.16. The fraction of sp³-hybridized carbons (Fsp3) is 0.375. The second-order valence-corrected chi connectivity index (χ2v) is 5.38. The van der Waals surface area contributed by atoms with E-state index in [0.29, 0.717) is 12.5 Å². The third-order valence-electron chi connectivity index (χ3n) is 3.93. The number of piperazine rings is 1. The molecule has 1 aliphatic heterocycles. The molecule has 3 rings (SSSR count). The zero-order valence-electron chi connectivity index (χ0n) is 14.1. The maximum Gasteiger partial charge on any atom is 0.225 e. The zero-order chi connectivity index (χ0) is 16.8. The molecular formula is C16H22IN7O. The van der Waals surface area contributed by atoms with E-state index in [4.69, 9.17) is 10.5 Å². The number of methoxy groups -OCH3 is 1. The highest BCUT2D eigenvalue weighted by atomic mass is 127. The van der Waals surface area contributed by atoms with Crippen molar-refractivity contribution < 1.29 is 4.74 Å². The Balaban J connectivity index is 0.00000225. The highest BCUT2D eigenvalue weighted by Gasteiger charge is 2.19. The Labute approximate surface area is 164 Å². The number of ether oxygens (including phenoxy) is 1. The van der Waals surface area contributed by atoms with Crippen molar-refractivity contribution in [1.29, 1.82) is 0 Å². The lowest BCUT2D eigenvalue weighted by Crippen LogP contribution is -2.51. The average molecular weight is 455 g/mol. The largest absolute Gasteiger partial charge is 0.496 e. The van der Waals surface area contributed by atoms with Gasteiger partial charge in [0.05, 0.1) is 13.7 Å². The lowest BCUT2D eigenvalue weighted by molar-refractivity contribution is 0.377. The van der Waals surface area contributed by atoms with Crippen LogP contribution >= 0.6 is 24.0 Å². The monoisotopic (exact) mass is 455 g/mol. The van der Waals surface area contributed by atoms with Crippen LogP contribution in [0.3, 0.4) is 0 Å². The van der Waals surface area contributed by atoms with Crippen molar-refractivity contribution in [2.24, 2.45) is 10.7 Å². The number of nitrogens with two attached hydrogens (primary N) is 1. The van der Waals surface area contributed by atoms with Crippen molar-refractivity contribution in [3.8, 4) is 5.75 Å². The molecule has 2 aromatic heterocycles. The first-order valence-corrected chi connectivity index (χ1v) is 7.81. The van der Waals surface area contributed by atoms with Gasteiger partial charge in [0, 0.05) is 56.5 Å². The highest BCUT2D eigenvalue weighted by molar-refractivity contribution is 14.0. The summed E-state index contributed by atoms with van der Waals surface area (Å²) in [7, 11) is 1.64. The molecule has 0 unspecified atom stereocenters. The first-order chi connectivity index (χ1) is 11.8. The van der Waals surface area contributed by atoms with Gasteiger partial charge in [0.15, 0.2) is 5.96 Å². The number of pyridine rings is 1. The van der Waals surface area contributed by atoms with Gasteiger partial charge in [-0.3, -0.25) is 4.98 Å². The molecule has 25 heavy (non-hydrogen) atoms. The highest BCUT2D eigenvalue weighted by Crippen LogP contribution is 2.17. The first kappa shape index (κ1) is 19.2. The van der Waals surface area contributed by atoms with E-state index in [2.05, 4.69) is 29.7 Å². The lowest BCUT2D eigenvalue weighted by Gasteiger charge is -2.35. The van der Waals surface area contributed by atoms with E-state index in [1.54, 1.807) is 31.9 Å².